The van der Waals surface area contributed by atoms with Crippen molar-refractivity contribution in [1.82, 2.24) is 10.2 Å². The SMILES string of the molecule is OC(CNCCC1CCCCO1)CN1CCCC1. The molecule has 0 saturated carbocycles. The van der Waals surface area contributed by atoms with Crippen LogP contribution in [0.25, 0.3) is 0 Å². The molecule has 18 heavy (non-hydrogen) atoms. The van der Waals surface area contributed by atoms with E-state index in [2.05, 4.69) is 10.2 Å². The lowest BCUT2D eigenvalue weighted by atomic mass is 10.1. The van der Waals surface area contributed by atoms with Crippen molar-refractivity contribution < 1.29 is 9.84 Å². The van der Waals surface area contributed by atoms with Gasteiger partial charge in [0.05, 0.1) is 12.2 Å². The van der Waals surface area contributed by atoms with Gasteiger partial charge in [-0.25, -0.2) is 0 Å². The highest BCUT2D eigenvalue weighted by atomic mass is 16.5. The molecule has 2 saturated heterocycles. The second-order valence-electron chi connectivity index (χ2n) is 5.64. The summed E-state index contributed by atoms with van der Waals surface area (Å²) in [7, 11) is 0. The molecule has 2 rings (SSSR count). The van der Waals surface area contributed by atoms with E-state index in [-0.39, 0.29) is 6.10 Å². The van der Waals surface area contributed by atoms with Gasteiger partial charge in [-0.05, 0) is 58.2 Å². The average molecular weight is 256 g/mol. The van der Waals surface area contributed by atoms with Crippen LogP contribution in [-0.2, 0) is 4.74 Å². The third-order valence-corrected chi connectivity index (χ3v) is 3.96. The molecular formula is C14H28N2O2. The summed E-state index contributed by atoms with van der Waals surface area (Å²) in [6.45, 7) is 5.75. The van der Waals surface area contributed by atoms with Gasteiger partial charge in [-0.2, -0.15) is 0 Å². The molecule has 2 aliphatic rings. The van der Waals surface area contributed by atoms with E-state index in [4.69, 9.17) is 4.74 Å². The van der Waals surface area contributed by atoms with Crippen LogP contribution < -0.4 is 5.32 Å². The minimum Gasteiger partial charge on any atom is -0.390 e. The molecule has 0 aromatic heterocycles. The van der Waals surface area contributed by atoms with Crippen LogP contribution in [0.3, 0.4) is 0 Å². The van der Waals surface area contributed by atoms with Crippen LogP contribution in [-0.4, -0.2) is 61.5 Å². The van der Waals surface area contributed by atoms with Gasteiger partial charge < -0.3 is 20.1 Å². The fraction of sp³-hybridized carbons (Fsp3) is 1.00. The maximum absolute atomic E-state index is 9.91. The maximum Gasteiger partial charge on any atom is 0.0791 e. The number of aliphatic hydroxyl groups excluding tert-OH is 1. The Labute approximate surface area is 111 Å². The molecule has 2 fully saturated rings. The van der Waals surface area contributed by atoms with E-state index in [0.29, 0.717) is 12.6 Å². The first-order valence-electron chi connectivity index (χ1n) is 7.57. The van der Waals surface area contributed by atoms with Crippen LogP contribution in [0.5, 0.6) is 0 Å². The lowest BCUT2D eigenvalue weighted by molar-refractivity contribution is 0.0110. The van der Waals surface area contributed by atoms with E-state index in [0.717, 1.165) is 39.2 Å². The van der Waals surface area contributed by atoms with Crippen LogP contribution in [0.2, 0.25) is 0 Å². The summed E-state index contributed by atoms with van der Waals surface area (Å²) >= 11 is 0. The Bertz CT molecular complexity index is 214. The topological polar surface area (TPSA) is 44.7 Å². The summed E-state index contributed by atoms with van der Waals surface area (Å²) in [5.41, 5.74) is 0. The van der Waals surface area contributed by atoms with Gasteiger partial charge in [-0.15, -0.1) is 0 Å². The zero-order valence-electron chi connectivity index (χ0n) is 11.4. The number of hydrogen-bond acceptors (Lipinski definition) is 4. The lowest BCUT2D eigenvalue weighted by Crippen LogP contribution is -2.38. The van der Waals surface area contributed by atoms with Gasteiger partial charge in [0.2, 0.25) is 0 Å². The summed E-state index contributed by atoms with van der Waals surface area (Å²) in [5.74, 6) is 0. The number of likely N-dealkylation sites (tertiary alicyclic amines) is 1. The Hall–Kier alpha value is -0.160. The Morgan fingerprint density at radius 1 is 1.22 bits per heavy atom. The summed E-state index contributed by atoms with van der Waals surface area (Å²) in [6, 6.07) is 0. The van der Waals surface area contributed by atoms with Gasteiger partial charge in [0, 0.05) is 19.7 Å². The predicted molar refractivity (Wildman–Crippen MR) is 72.8 cm³/mol. The molecule has 2 heterocycles. The van der Waals surface area contributed by atoms with Crippen LogP contribution in [0.15, 0.2) is 0 Å². The zero-order chi connectivity index (χ0) is 12.6. The molecule has 4 nitrogen and oxygen atoms in total. The highest BCUT2D eigenvalue weighted by Crippen LogP contribution is 2.14. The van der Waals surface area contributed by atoms with Gasteiger partial charge in [-0.3, -0.25) is 0 Å². The maximum atomic E-state index is 9.91. The van der Waals surface area contributed by atoms with E-state index in [1.54, 1.807) is 0 Å². The highest BCUT2D eigenvalue weighted by Gasteiger charge is 2.16. The van der Waals surface area contributed by atoms with E-state index in [1.807, 2.05) is 0 Å². The Morgan fingerprint density at radius 2 is 2.06 bits per heavy atom. The zero-order valence-corrected chi connectivity index (χ0v) is 11.4. The van der Waals surface area contributed by atoms with Crippen molar-refractivity contribution in [2.24, 2.45) is 0 Å². The number of β-amino-alcohol motifs (C(OH)–C–C–N with tert-alkyl or cyclic N) is 1. The molecule has 2 unspecified atom stereocenters. The largest absolute Gasteiger partial charge is 0.390 e. The van der Waals surface area contributed by atoms with Crippen molar-refractivity contribution in [3.63, 3.8) is 0 Å². The van der Waals surface area contributed by atoms with Crippen molar-refractivity contribution >= 4 is 0 Å². The third-order valence-electron chi connectivity index (χ3n) is 3.96. The Kier molecular flexibility index (Phi) is 6.41. The van der Waals surface area contributed by atoms with Crippen LogP contribution in [0.4, 0.5) is 0 Å². The van der Waals surface area contributed by atoms with Gasteiger partial charge in [0.15, 0.2) is 0 Å². The summed E-state index contributed by atoms with van der Waals surface area (Å²) in [5, 5.41) is 13.3. The number of nitrogens with one attached hydrogen (secondary N) is 1. The molecule has 0 aromatic rings. The van der Waals surface area contributed by atoms with E-state index < -0.39 is 0 Å². The molecule has 4 heteroatoms. The fourth-order valence-corrected chi connectivity index (χ4v) is 2.89. The van der Waals surface area contributed by atoms with Gasteiger partial charge in [0.1, 0.15) is 0 Å². The Balaban J connectivity index is 1.46. The van der Waals surface area contributed by atoms with E-state index >= 15 is 0 Å². The molecule has 0 aliphatic carbocycles. The second-order valence-corrected chi connectivity index (χ2v) is 5.64. The molecule has 2 aliphatic heterocycles. The summed E-state index contributed by atoms with van der Waals surface area (Å²) < 4.78 is 5.68. The van der Waals surface area contributed by atoms with E-state index in [9.17, 15) is 5.11 Å². The smallest absolute Gasteiger partial charge is 0.0791 e. The molecule has 0 aromatic carbocycles. The standard InChI is InChI=1S/C14H28N2O2/c17-13(12-16-8-2-3-9-16)11-15-7-6-14-5-1-4-10-18-14/h13-15,17H,1-12H2. The number of aliphatic hydroxyl groups is 1. The minimum atomic E-state index is -0.227. The van der Waals surface area contributed by atoms with Crippen LogP contribution in [0, 0.1) is 0 Å². The molecule has 0 amide bonds. The number of nitrogens with zero attached hydrogens (tertiary/aromatic N) is 1. The van der Waals surface area contributed by atoms with Crippen molar-refractivity contribution in [1.29, 1.82) is 0 Å². The molecule has 0 radical (unpaired) electrons. The predicted octanol–water partition coefficient (Wildman–Crippen LogP) is 0.992. The first kappa shape index (κ1) is 14.3. The van der Waals surface area contributed by atoms with Crippen LogP contribution >= 0.6 is 0 Å². The van der Waals surface area contributed by atoms with Crippen molar-refractivity contribution in [3.05, 3.63) is 0 Å². The quantitative estimate of drug-likeness (QED) is 0.667. The van der Waals surface area contributed by atoms with Crippen molar-refractivity contribution in [3.8, 4) is 0 Å². The van der Waals surface area contributed by atoms with E-state index in [1.165, 1.54) is 32.1 Å². The van der Waals surface area contributed by atoms with Crippen molar-refractivity contribution in [2.75, 3.05) is 39.3 Å². The molecule has 2 atom stereocenters. The molecule has 0 bridgehead atoms. The molecule has 0 spiro atoms. The third kappa shape index (κ3) is 5.22. The first-order valence-corrected chi connectivity index (χ1v) is 7.57. The Morgan fingerprint density at radius 3 is 2.78 bits per heavy atom. The number of ether oxygens (including phenoxy) is 1. The average Bonchev–Trinajstić information content (AvgIpc) is 2.89. The number of hydrogen-bond donors (Lipinski definition) is 2. The van der Waals surface area contributed by atoms with Crippen LogP contribution in [0.1, 0.15) is 38.5 Å². The van der Waals surface area contributed by atoms with Gasteiger partial charge in [0.25, 0.3) is 0 Å². The normalized spacial score (nSPS) is 27.5. The molecule has 106 valence electrons. The highest BCUT2D eigenvalue weighted by molar-refractivity contribution is 4.72. The fourth-order valence-electron chi connectivity index (χ4n) is 2.89. The lowest BCUT2D eigenvalue weighted by Gasteiger charge is -2.23. The summed E-state index contributed by atoms with van der Waals surface area (Å²) in [6.07, 6.45) is 7.62. The first-order chi connectivity index (χ1) is 8.84. The number of rotatable bonds is 7. The van der Waals surface area contributed by atoms with Gasteiger partial charge >= 0.3 is 0 Å². The van der Waals surface area contributed by atoms with Crippen molar-refractivity contribution in [2.45, 2.75) is 50.7 Å². The monoisotopic (exact) mass is 256 g/mol. The van der Waals surface area contributed by atoms with Gasteiger partial charge in [-0.1, -0.05) is 0 Å². The second kappa shape index (κ2) is 8.10. The summed E-state index contributed by atoms with van der Waals surface area (Å²) in [4.78, 5) is 2.36. The molecule has 2 N–H and O–H groups in total. The minimum absolute atomic E-state index is 0.227. The molecular weight excluding hydrogens is 228 g/mol.